The van der Waals surface area contributed by atoms with E-state index < -0.39 is 5.97 Å². The van der Waals surface area contributed by atoms with E-state index in [1.165, 1.54) is 30.5 Å². The summed E-state index contributed by atoms with van der Waals surface area (Å²) in [6, 6.07) is 1.49. The molecule has 0 fully saturated rings. The topological polar surface area (TPSA) is 83.4 Å². The van der Waals surface area contributed by atoms with Gasteiger partial charge in [-0.05, 0) is 6.07 Å². The lowest BCUT2D eigenvalue weighted by atomic mass is 10.3. The number of carboxylic acids is 1. The summed E-state index contributed by atoms with van der Waals surface area (Å²) < 4.78 is 0. The second-order valence-corrected chi connectivity index (χ2v) is 2.97. The largest absolute Gasteiger partial charge is 0.481 e. The molecule has 1 aromatic heterocycles. The van der Waals surface area contributed by atoms with Crippen molar-refractivity contribution in [2.75, 3.05) is 13.6 Å². The summed E-state index contributed by atoms with van der Waals surface area (Å²) in [6.45, 7) is 0.165. The number of rotatable bonds is 4. The molecule has 0 bridgehead atoms. The summed E-state index contributed by atoms with van der Waals surface area (Å²) >= 11 is 0. The zero-order valence-electron chi connectivity index (χ0n) is 8.25. The molecule has 0 aliphatic carbocycles. The molecule has 15 heavy (non-hydrogen) atoms. The van der Waals surface area contributed by atoms with Gasteiger partial charge in [0.2, 0.25) is 0 Å². The lowest BCUT2D eigenvalue weighted by Gasteiger charge is -2.14. The fourth-order valence-electron chi connectivity index (χ4n) is 0.978. The minimum Gasteiger partial charge on any atom is -0.481 e. The van der Waals surface area contributed by atoms with Crippen LogP contribution in [0.2, 0.25) is 0 Å². The first-order valence-electron chi connectivity index (χ1n) is 4.34. The van der Waals surface area contributed by atoms with Gasteiger partial charge in [-0.3, -0.25) is 9.59 Å². The Hall–Kier alpha value is -1.98. The van der Waals surface area contributed by atoms with Gasteiger partial charge in [-0.2, -0.15) is 0 Å². The normalized spacial score (nSPS) is 9.67. The first-order valence-corrected chi connectivity index (χ1v) is 4.34. The van der Waals surface area contributed by atoms with E-state index in [1.54, 1.807) is 0 Å². The van der Waals surface area contributed by atoms with Crippen molar-refractivity contribution >= 4 is 11.9 Å². The third-order valence-electron chi connectivity index (χ3n) is 1.81. The Labute approximate surface area is 86.6 Å². The van der Waals surface area contributed by atoms with Gasteiger partial charge in [-0.15, -0.1) is 0 Å². The monoisotopic (exact) mass is 209 g/mol. The molecule has 0 aromatic carbocycles. The van der Waals surface area contributed by atoms with Crippen molar-refractivity contribution in [3.8, 4) is 0 Å². The van der Waals surface area contributed by atoms with Crippen molar-refractivity contribution in [2.24, 2.45) is 0 Å². The molecular weight excluding hydrogens is 198 g/mol. The molecule has 0 unspecified atom stereocenters. The predicted octanol–water partition coefficient (Wildman–Crippen LogP) is 0.0233. The Morgan fingerprint density at radius 2 is 2.27 bits per heavy atom. The van der Waals surface area contributed by atoms with Crippen molar-refractivity contribution in [3.05, 3.63) is 24.3 Å². The van der Waals surface area contributed by atoms with E-state index in [9.17, 15) is 9.59 Å². The van der Waals surface area contributed by atoms with Crippen LogP contribution >= 0.6 is 0 Å². The van der Waals surface area contributed by atoms with Crippen LogP contribution < -0.4 is 0 Å². The van der Waals surface area contributed by atoms with Crippen LogP contribution in [0.3, 0.4) is 0 Å². The summed E-state index contributed by atoms with van der Waals surface area (Å²) in [7, 11) is 1.54. The zero-order valence-corrected chi connectivity index (χ0v) is 8.25. The third kappa shape index (κ3) is 3.34. The average Bonchev–Trinajstić information content (AvgIpc) is 2.26. The molecule has 80 valence electrons. The molecule has 1 N–H and O–H groups in total. The maximum absolute atomic E-state index is 11.6. The number of hydrogen-bond acceptors (Lipinski definition) is 4. The number of carbonyl (C=O) groups excluding carboxylic acids is 1. The minimum absolute atomic E-state index is 0.0761. The van der Waals surface area contributed by atoms with Crippen LogP contribution in [-0.4, -0.2) is 45.4 Å². The van der Waals surface area contributed by atoms with E-state index in [1.807, 2.05) is 0 Å². The molecule has 0 saturated heterocycles. The van der Waals surface area contributed by atoms with Crippen LogP contribution in [0.5, 0.6) is 0 Å². The lowest BCUT2D eigenvalue weighted by molar-refractivity contribution is -0.137. The smallest absolute Gasteiger partial charge is 0.305 e. The molecule has 0 atom stereocenters. The highest BCUT2D eigenvalue weighted by atomic mass is 16.4. The first-order chi connectivity index (χ1) is 7.11. The van der Waals surface area contributed by atoms with Crippen LogP contribution in [0, 0.1) is 0 Å². The van der Waals surface area contributed by atoms with E-state index in [0.29, 0.717) is 0 Å². The van der Waals surface area contributed by atoms with Gasteiger partial charge in [-0.25, -0.2) is 9.97 Å². The number of aliphatic carboxylic acids is 1. The highest BCUT2D eigenvalue weighted by Gasteiger charge is 2.13. The summed E-state index contributed by atoms with van der Waals surface area (Å²) in [5, 5.41) is 8.45. The fraction of sp³-hybridized carbons (Fsp3) is 0.333. The molecule has 0 aliphatic rings. The molecule has 1 amide bonds. The number of nitrogens with zero attached hydrogens (tertiary/aromatic N) is 3. The van der Waals surface area contributed by atoms with Gasteiger partial charge in [0.15, 0.2) is 0 Å². The molecule has 0 aliphatic heterocycles. The molecule has 6 nitrogen and oxygen atoms in total. The van der Waals surface area contributed by atoms with Crippen molar-refractivity contribution < 1.29 is 14.7 Å². The maximum Gasteiger partial charge on any atom is 0.305 e. The number of carbonyl (C=O) groups is 2. The molecule has 6 heteroatoms. The highest BCUT2D eigenvalue weighted by Crippen LogP contribution is 1.98. The van der Waals surface area contributed by atoms with Crippen LogP contribution in [0.4, 0.5) is 0 Å². The molecule has 1 aromatic rings. The van der Waals surface area contributed by atoms with Gasteiger partial charge in [-0.1, -0.05) is 0 Å². The lowest BCUT2D eigenvalue weighted by Crippen LogP contribution is -2.29. The first kappa shape index (κ1) is 11.1. The molecular formula is C9H11N3O3. The van der Waals surface area contributed by atoms with E-state index >= 15 is 0 Å². The minimum atomic E-state index is -0.933. The molecule has 1 heterocycles. The Bertz CT molecular complexity index is 353. The molecule has 0 spiro atoms. The van der Waals surface area contributed by atoms with Crippen molar-refractivity contribution in [3.63, 3.8) is 0 Å². The second-order valence-electron chi connectivity index (χ2n) is 2.97. The van der Waals surface area contributed by atoms with Crippen LogP contribution in [0.15, 0.2) is 18.6 Å². The summed E-state index contributed by atoms with van der Waals surface area (Å²) in [5.41, 5.74) is 0.262. The molecule has 0 saturated carbocycles. The van der Waals surface area contributed by atoms with E-state index in [-0.39, 0.29) is 24.6 Å². The van der Waals surface area contributed by atoms with Gasteiger partial charge in [0.25, 0.3) is 5.91 Å². The zero-order chi connectivity index (χ0) is 11.3. The van der Waals surface area contributed by atoms with Gasteiger partial charge < -0.3 is 10.0 Å². The van der Waals surface area contributed by atoms with Gasteiger partial charge in [0.05, 0.1) is 6.42 Å². The Morgan fingerprint density at radius 1 is 1.53 bits per heavy atom. The highest BCUT2D eigenvalue weighted by molar-refractivity contribution is 5.92. The standard InChI is InChI=1S/C9H11N3O3/c1-12(5-3-8(13)14)9(15)7-2-4-10-6-11-7/h2,4,6H,3,5H2,1H3,(H,13,14). The second kappa shape index (κ2) is 5.04. The Kier molecular flexibility index (Phi) is 3.73. The van der Waals surface area contributed by atoms with E-state index in [4.69, 9.17) is 5.11 Å². The van der Waals surface area contributed by atoms with E-state index in [2.05, 4.69) is 9.97 Å². The van der Waals surface area contributed by atoms with Crippen LogP contribution in [-0.2, 0) is 4.79 Å². The van der Waals surface area contributed by atoms with E-state index in [0.717, 1.165) is 0 Å². The van der Waals surface area contributed by atoms with Gasteiger partial charge >= 0.3 is 5.97 Å². The number of hydrogen-bond donors (Lipinski definition) is 1. The summed E-state index contributed by atoms with van der Waals surface area (Å²) in [4.78, 5) is 30.7. The third-order valence-corrected chi connectivity index (χ3v) is 1.81. The Morgan fingerprint density at radius 3 is 2.80 bits per heavy atom. The van der Waals surface area contributed by atoms with Crippen molar-refractivity contribution in [2.45, 2.75) is 6.42 Å². The number of amides is 1. The SMILES string of the molecule is CN(CCC(=O)O)C(=O)c1ccncn1. The summed E-state index contributed by atoms with van der Waals surface area (Å²) in [6.07, 6.45) is 2.66. The van der Waals surface area contributed by atoms with Crippen LogP contribution in [0.1, 0.15) is 16.9 Å². The average molecular weight is 209 g/mol. The van der Waals surface area contributed by atoms with Gasteiger partial charge in [0, 0.05) is 19.8 Å². The van der Waals surface area contributed by atoms with Crippen molar-refractivity contribution in [1.29, 1.82) is 0 Å². The number of carboxylic acid groups (broad SMARTS) is 1. The fourth-order valence-corrected chi connectivity index (χ4v) is 0.978. The Balaban J connectivity index is 2.57. The van der Waals surface area contributed by atoms with Crippen molar-refractivity contribution in [1.82, 2.24) is 14.9 Å². The maximum atomic E-state index is 11.6. The van der Waals surface area contributed by atoms with Gasteiger partial charge in [0.1, 0.15) is 12.0 Å². The molecule has 0 radical (unpaired) electrons. The number of aromatic nitrogens is 2. The van der Waals surface area contributed by atoms with Crippen LogP contribution in [0.25, 0.3) is 0 Å². The quantitative estimate of drug-likeness (QED) is 0.755. The summed E-state index contributed by atoms with van der Waals surface area (Å²) in [5.74, 6) is -1.24. The molecule has 1 rings (SSSR count). The predicted molar refractivity (Wildman–Crippen MR) is 51.2 cm³/mol.